The van der Waals surface area contributed by atoms with Gasteiger partial charge in [-0.2, -0.15) is 13.2 Å². The molecule has 0 aromatic heterocycles. The van der Waals surface area contributed by atoms with Gasteiger partial charge in [0, 0.05) is 0 Å². The number of halogens is 3. The number of quaternary nitrogens is 1. The lowest BCUT2D eigenvalue weighted by atomic mass is 10.2. The topological polar surface area (TPSA) is 94.8 Å². The molecule has 0 rings (SSSR count). The van der Waals surface area contributed by atoms with Crippen molar-refractivity contribution in [1.82, 2.24) is 0 Å². The van der Waals surface area contributed by atoms with Gasteiger partial charge >= 0.3 is 18.1 Å². The molecule has 18 heavy (non-hydrogen) atoms. The number of aliphatic hydroxyl groups excluding tert-OH is 1. The average molecular weight is 276 g/mol. The fourth-order valence-corrected chi connectivity index (χ4v) is 0.898. The Morgan fingerprint density at radius 2 is 1.50 bits per heavy atom. The molecule has 0 aliphatic rings. The quantitative estimate of drug-likeness (QED) is 0.636. The summed E-state index contributed by atoms with van der Waals surface area (Å²) < 4.78 is 32.3. The molecule has 0 spiro atoms. The second-order valence-corrected chi connectivity index (χ2v) is 4.53. The highest BCUT2D eigenvalue weighted by atomic mass is 19.4. The first-order chi connectivity index (χ1) is 7.75. The number of hydrogen-bond acceptors (Lipinski definition) is 3. The number of carboxylic acids is 2. The smallest absolute Gasteiger partial charge is 0.481 e. The Morgan fingerprint density at radius 3 is 1.67 bits per heavy atom. The first kappa shape index (κ1) is 19.0. The summed E-state index contributed by atoms with van der Waals surface area (Å²) in [5.74, 6) is -3.71. The van der Waals surface area contributed by atoms with Crippen LogP contribution in [0.25, 0.3) is 0 Å². The van der Waals surface area contributed by atoms with E-state index >= 15 is 0 Å². The van der Waals surface area contributed by atoms with Crippen LogP contribution in [0.4, 0.5) is 13.2 Å². The maximum atomic E-state index is 10.6. The SMILES string of the molecule is C[N+](C)(C)C[C@@H](O)CC(=O)O.O=C(O)C(F)(F)F. The van der Waals surface area contributed by atoms with Gasteiger partial charge in [-0.05, 0) is 0 Å². The summed E-state index contributed by atoms with van der Waals surface area (Å²) in [5, 5.41) is 24.6. The summed E-state index contributed by atoms with van der Waals surface area (Å²) in [7, 11) is 5.72. The van der Waals surface area contributed by atoms with Crippen LogP contribution in [-0.2, 0) is 9.59 Å². The second kappa shape index (κ2) is 7.17. The number of carboxylic acid groups (broad SMARTS) is 2. The third kappa shape index (κ3) is 14.6. The molecule has 0 aromatic carbocycles. The molecule has 0 aliphatic heterocycles. The largest absolute Gasteiger partial charge is 0.490 e. The number of aliphatic hydroxyl groups is 1. The summed E-state index contributed by atoms with van der Waals surface area (Å²) in [5.41, 5.74) is 0. The van der Waals surface area contributed by atoms with E-state index in [1.54, 1.807) is 0 Å². The maximum absolute atomic E-state index is 10.6. The van der Waals surface area contributed by atoms with Gasteiger partial charge in [-0.3, -0.25) is 4.79 Å². The Kier molecular flexibility index (Phi) is 7.56. The summed E-state index contributed by atoms with van der Waals surface area (Å²) in [6.45, 7) is 0.465. The van der Waals surface area contributed by atoms with Crippen molar-refractivity contribution in [1.29, 1.82) is 0 Å². The molecule has 1 atom stereocenters. The second-order valence-electron chi connectivity index (χ2n) is 4.53. The zero-order valence-corrected chi connectivity index (χ0v) is 10.2. The molecule has 0 saturated carbocycles. The third-order valence-electron chi connectivity index (χ3n) is 1.41. The van der Waals surface area contributed by atoms with Crippen LogP contribution in [-0.4, -0.2) is 71.7 Å². The van der Waals surface area contributed by atoms with E-state index in [-0.39, 0.29) is 6.42 Å². The van der Waals surface area contributed by atoms with Gasteiger partial charge in [-0.25, -0.2) is 4.79 Å². The van der Waals surface area contributed by atoms with Crippen LogP contribution in [0.3, 0.4) is 0 Å². The van der Waals surface area contributed by atoms with Crippen molar-refractivity contribution in [2.75, 3.05) is 27.7 Å². The molecular weight excluding hydrogens is 259 g/mol. The number of carbonyl (C=O) groups is 2. The molecule has 0 heterocycles. The zero-order valence-electron chi connectivity index (χ0n) is 10.2. The minimum Gasteiger partial charge on any atom is -0.481 e. The van der Waals surface area contributed by atoms with Gasteiger partial charge in [0.2, 0.25) is 0 Å². The molecule has 9 heteroatoms. The van der Waals surface area contributed by atoms with E-state index in [1.165, 1.54) is 0 Å². The van der Waals surface area contributed by atoms with E-state index in [0.29, 0.717) is 11.0 Å². The van der Waals surface area contributed by atoms with Gasteiger partial charge in [-0.1, -0.05) is 0 Å². The van der Waals surface area contributed by atoms with E-state index in [2.05, 4.69) is 0 Å². The van der Waals surface area contributed by atoms with Crippen molar-refractivity contribution in [2.45, 2.75) is 18.7 Å². The average Bonchev–Trinajstić information content (AvgIpc) is 1.96. The predicted octanol–water partition coefficient (Wildman–Crippen LogP) is 0.161. The van der Waals surface area contributed by atoms with Crippen LogP contribution in [0.1, 0.15) is 6.42 Å². The predicted molar refractivity (Wildman–Crippen MR) is 54.8 cm³/mol. The highest BCUT2D eigenvalue weighted by Gasteiger charge is 2.38. The van der Waals surface area contributed by atoms with Crippen molar-refractivity contribution in [3.63, 3.8) is 0 Å². The highest BCUT2D eigenvalue weighted by Crippen LogP contribution is 2.13. The van der Waals surface area contributed by atoms with Crippen LogP contribution in [0.5, 0.6) is 0 Å². The van der Waals surface area contributed by atoms with Gasteiger partial charge in [0.05, 0.1) is 27.6 Å². The van der Waals surface area contributed by atoms with E-state index in [0.717, 1.165) is 0 Å². The summed E-state index contributed by atoms with van der Waals surface area (Å²) in [6.07, 6.45) is -6.00. The lowest BCUT2D eigenvalue weighted by Gasteiger charge is -2.25. The normalized spacial score (nSPS) is 13.3. The van der Waals surface area contributed by atoms with Crippen LogP contribution >= 0.6 is 0 Å². The summed E-state index contributed by atoms with van der Waals surface area (Å²) >= 11 is 0. The van der Waals surface area contributed by atoms with Crippen molar-refractivity contribution in [3.8, 4) is 0 Å². The molecule has 0 radical (unpaired) electrons. The maximum Gasteiger partial charge on any atom is 0.490 e. The van der Waals surface area contributed by atoms with Gasteiger partial charge < -0.3 is 19.8 Å². The van der Waals surface area contributed by atoms with Gasteiger partial charge in [0.15, 0.2) is 0 Å². The van der Waals surface area contributed by atoms with Gasteiger partial charge in [0.1, 0.15) is 12.6 Å². The summed E-state index contributed by atoms with van der Waals surface area (Å²) in [6, 6.07) is 0. The fraction of sp³-hybridized carbons (Fsp3) is 0.778. The Hall–Kier alpha value is -1.35. The van der Waals surface area contributed by atoms with Crippen molar-refractivity contribution < 1.29 is 42.6 Å². The van der Waals surface area contributed by atoms with Gasteiger partial charge in [0.25, 0.3) is 0 Å². The number of nitrogens with zero attached hydrogens (tertiary/aromatic N) is 1. The molecule has 0 fully saturated rings. The molecule has 6 nitrogen and oxygen atoms in total. The van der Waals surface area contributed by atoms with Crippen LogP contribution in [0, 0.1) is 0 Å². The Morgan fingerprint density at radius 1 is 1.17 bits per heavy atom. The molecule has 0 saturated heterocycles. The molecule has 0 amide bonds. The van der Waals surface area contributed by atoms with E-state index in [4.69, 9.17) is 20.1 Å². The Balaban J connectivity index is 0. The zero-order chi connectivity index (χ0) is 15.1. The van der Waals surface area contributed by atoms with Gasteiger partial charge in [-0.15, -0.1) is 0 Å². The van der Waals surface area contributed by atoms with Crippen molar-refractivity contribution in [2.24, 2.45) is 0 Å². The minimum atomic E-state index is -5.08. The number of aliphatic carboxylic acids is 2. The Labute approximate surface area is 102 Å². The minimum absolute atomic E-state index is 0.171. The molecule has 0 aliphatic carbocycles. The van der Waals surface area contributed by atoms with Crippen LogP contribution < -0.4 is 0 Å². The lowest BCUT2D eigenvalue weighted by Crippen LogP contribution is -2.42. The van der Waals surface area contributed by atoms with E-state index in [9.17, 15) is 18.0 Å². The highest BCUT2D eigenvalue weighted by molar-refractivity contribution is 5.73. The molecule has 0 aromatic rings. The standard InChI is InChI=1S/C7H15NO3.C2HF3O2/c1-8(2,3)5-6(9)4-7(10)11;3-2(4,5)1(6)7/h6,9H,4-5H2,1-3H3;(H,6,7)/p+1/t6-;/m0./s1. The molecule has 0 bridgehead atoms. The first-order valence-corrected chi connectivity index (χ1v) is 4.76. The fourth-order valence-electron chi connectivity index (χ4n) is 0.898. The van der Waals surface area contributed by atoms with E-state index < -0.39 is 24.2 Å². The van der Waals surface area contributed by atoms with E-state index in [1.807, 2.05) is 21.1 Å². The van der Waals surface area contributed by atoms with Crippen molar-refractivity contribution in [3.05, 3.63) is 0 Å². The lowest BCUT2D eigenvalue weighted by molar-refractivity contribution is -0.873. The van der Waals surface area contributed by atoms with Crippen molar-refractivity contribution >= 4 is 11.9 Å². The number of hydrogen-bond donors (Lipinski definition) is 3. The molecule has 108 valence electrons. The summed E-state index contributed by atoms with van der Waals surface area (Å²) in [4.78, 5) is 19.0. The number of likely N-dealkylation sites (N-methyl/N-ethyl adjacent to an activating group) is 1. The van der Waals surface area contributed by atoms with Crippen LogP contribution in [0.2, 0.25) is 0 Å². The third-order valence-corrected chi connectivity index (χ3v) is 1.41. The molecular formula is C9H17F3NO5+. The number of rotatable bonds is 4. The van der Waals surface area contributed by atoms with Crippen LogP contribution in [0.15, 0.2) is 0 Å². The monoisotopic (exact) mass is 276 g/mol. The molecule has 3 N–H and O–H groups in total. The first-order valence-electron chi connectivity index (χ1n) is 4.76. The Bertz CT molecular complexity index is 285. The molecule has 0 unspecified atom stereocenters. The number of alkyl halides is 3.